The van der Waals surface area contributed by atoms with E-state index in [2.05, 4.69) is 147 Å². The molecule has 166 valence electrons. The first-order chi connectivity index (χ1) is 16.7. The Kier molecular flexibility index (Phi) is 7.87. The maximum absolute atomic E-state index is 2.19. The van der Waals surface area contributed by atoms with Crippen molar-refractivity contribution in [3.8, 4) is 11.1 Å². The maximum Gasteiger partial charge on any atom is -0.0184 e. The van der Waals surface area contributed by atoms with Crippen LogP contribution in [0.5, 0.6) is 0 Å². The lowest BCUT2D eigenvalue weighted by molar-refractivity contribution is 1.54. The second-order valence-electron chi connectivity index (χ2n) is 8.51. The van der Waals surface area contributed by atoms with E-state index in [0.717, 1.165) is 0 Å². The van der Waals surface area contributed by atoms with Crippen molar-refractivity contribution in [1.82, 2.24) is 0 Å². The molecule has 0 N–H and O–H groups in total. The van der Waals surface area contributed by atoms with Crippen molar-refractivity contribution in [2.75, 3.05) is 0 Å². The molecule has 0 nitrogen and oxygen atoms in total. The molecule has 0 heteroatoms. The summed E-state index contributed by atoms with van der Waals surface area (Å²) in [4.78, 5) is 0. The first-order valence-electron chi connectivity index (χ1n) is 11.7. The van der Waals surface area contributed by atoms with Crippen LogP contribution in [0.25, 0.3) is 35.4 Å². The van der Waals surface area contributed by atoms with Crippen LogP contribution >= 0.6 is 0 Å². The van der Waals surface area contributed by atoms with Gasteiger partial charge in [0.05, 0.1) is 0 Å². The molecule has 0 unspecified atom stereocenters. The highest BCUT2D eigenvalue weighted by molar-refractivity contribution is 5.69. The van der Waals surface area contributed by atoms with Gasteiger partial charge in [-0.2, -0.15) is 0 Å². The molecule has 0 radical (unpaired) electrons. The Morgan fingerprint density at radius 2 is 0.765 bits per heavy atom. The zero-order valence-corrected chi connectivity index (χ0v) is 19.9. The van der Waals surface area contributed by atoms with E-state index in [-0.39, 0.29) is 0 Å². The lowest BCUT2D eigenvalue weighted by atomic mass is 10.0. The van der Waals surface area contributed by atoms with Crippen LogP contribution in [0.15, 0.2) is 132 Å². The van der Waals surface area contributed by atoms with Crippen molar-refractivity contribution >= 4 is 24.3 Å². The first-order valence-corrected chi connectivity index (χ1v) is 11.7. The Labute approximate surface area is 203 Å². The van der Waals surface area contributed by atoms with E-state index < -0.39 is 0 Å². The minimum atomic E-state index is 1.20. The van der Waals surface area contributed by atoms with Crippen molar-refractivity contribution in [2.24, 2.45) is 0 Å². The highest BCUT2D eigenvalue weighted by atomic mass is 14.0. The number of benzene rings is 4. The normalized spacial score (nSPS) is 12.5. The van der Waals surface area contributed by atoms with E-state index in [1.807, 2.05) is 12.1 Å². The monoisotopic (exact) mass is 438 g/mol. The second-order valence-corrected chi connectivity index (χ2v) is 8.51. The van der Waals surface area contributed by atoms with Crippen LogP contribution in [-0.2, 0) is 0 Å². The van der Waals surface area contributed by atoms with Crippen LogP contribution in [-0.4, -0.2) is 0 Å². The molecule has 0 atom stereocenters. The Morgan fingerprint density at radius 3 is 1.12 bits per heavy atom. The predicted molar refractivity (Wildman–Crippen MR) is 150 cm³/mol. The van der Waals surface area contributed by atoms with Gasteiger partial charge in [0.25, 0.3) is 0 Å². The summed E-state index contributed by atoms with van der Waals surface area (Å²) >= 11 is 0. The number of hydrogen-bond donors (Lipinski definition) is 0. The molecule has 0 saturated heterocycles. The summed E-state index contributed by atoms with van der Waals surface area (Å²) in [6.45, 7) is 4.26. The largest absolute Gasteiger partial charge is 0.0622 e. The third-order valence-electron chi connectivity index (χ3n) is 5.62. The van der Waals surface area contributed by atoms with E-state index in [4.69, 9.17) is 0 Å². The second kappa shape index (κ2) is 11.6. The van der Waals surface area contributed by atoms with Gasteiger partial charge in [0.1, 0.15) is 0 Å². The van der Waals surface area contributed by atoms with Gasteiger partial charge in [0, 0.05) is 0 Å². The smallest absolute Gasteiger partial charge is 0.0184 e. The molecule has 0 aromatic heterocycles. The maximum atomic E-state index is 2.19. The highest BCUT2D eigenvalue weighted by Gasteiger charge is 1.98. The fourth-order valence-corrected chi connectivity index (χ4v) is 3.75. The summed E-state index contributed by atoms with van der Waals surface area (Å²) in [5.41, 5.74) is 9.75. The third-order valence-corrected chi connectivity index (χ3v) is 5.62. The summed E-state index contributed by atoms with van der Waals surface area (Å²) in [6, 6.07) is 38.3. The SMILES string of the molecule is CC(/C=C/c1ccc(-c2ccc(/C=C/C(C)=C/c3ccccc3)cc2)cc1)=C\c1ccccc1. The molecule has 4 aromatic rings. The van der Waals surface area contributed by atoms with Crippen molar-refractivity contribution < 1.29 is 0 Å². The van der Waals surface area contributed by atoms with Gasteiger partial charge in [-0.1, -0.05) is 157 Å². The topological polar surface area (TPSA) is 0 Å². The van der Waals surface area contributed by atoms with Crippen LogP contribution in [0, 0.1) is 0 Å². The van der Waals surface area contributed by atoms with E-state index >= 15 is 0 Å². The minimum Gasteiger partial charge on any atom is -0.0622 e. The van der Waals surface area contributed by atoms with Gasteiger partial charge in [0.15, 0.2) is 0 Å². The lowest BCUT2D eigenvalue weighted by Crippen LogP contribution is -1.80. The van der Waals surface area contributed by atoms with Gasteiger partial charge >= 0.3 is 0 Å². The van der Waals surface area contributed by atoms with Crippen molar-refractivity contribution in [3.05, 3.63) is 155 Å². The summed E-state index contributed by atoms with van der Waals surface area (Å²) in [7, 11) is 0. The summed E-state index contributed by atoms with van der Waals surface area (Å²) < 4.78 is 0. The average molecular weight is 439 g/mol. The Morgan fingerprint density at radius 1 is 0.412 bits per heavy atom. The van der Waals surface area contributed by atoms with Crippen LogP contribution in [0.4, 0.5) is 0 Å². The minimum absolute atomic E-state index is 1.20. The fraction of sp³-hybridized carbons (Fsp3) is 0.0588. The number of hydrogen-bond acceptors (Lipinski definition) is 0. The summed E-state index contributed by atoms with van der Waals surface area (Å²) in [6.07, 6.45) is 13.0. The molecule has 0 aliphatic heterocycles. The molecular weight excluding hydrogens is 408 g/mol. The molecule has 0 spiro atoms. The number of rotatable bonds is 7. The average Bonchev–Trinajstić information content (AvgIpc) is 2.88. The standard InChI is InChI=1S/C34H30/c1-27(25-31-9-5-3-6-10-31)13-15-29-17-21-33(22-18-29)34-23-19-30(20-24-34)16-14-28(2)26-32-11-7-4-8-12-32/h3-26H,1-2H3/b15-13+,16-14+,27-25+,28-26+. The zero-order chi connectivity index (χ0) is 23.6. The van der Waals surface area contributed by atoms with Gasteiger partial charge in [-0.25, -0.2) is 0 Å². The van der Waals surface area contributed by atoms with Crippen molar-refractivity contribution in [1.29, 1.82) is 0 Å². The molecular formula is C34H30. The Hall–Kier alpha value is -4.16. The summed E-state index contributed by atoms with van der Waals surface area (Å²) in [5, 5.41) is 0. The first kappa shape index (κ1) is 23.0. The third kappa shape index (κ3) is 6.92. The van der Waals surface area contributed by atoms with E-state index in [9.17, 15) is 0 Å². The van der Waals surface area contributed by atoms with Crippen molar-refractivity contribution in [3.63, 3.8) is 0 Å². The molecule has 0 aliphatic rings. The van der Waals surface area contributed by atoms with Crippen LogP contribution < -0.4 is 0 Å². The highest BCUT2D eigenvalue weighted by Crippen LogP contribution is 2.22. The molecule has 0 saturated carbocycles. The summed E-state index contributed by atoms with van der Waals surface area (Å²) in [5.74, 6) is 0. The molecule has 0 amide bonds. The quantitative estimate of drug-likeness (QED) is 0.252. The van der Waals surface area contributed by atoms with Crippen LogP contribution in [0.1, 0.15) is 36.1 Å². The van der Waals surface area contributed by atoms with Crippen LogP contribution in [0.3, 0.4) is 0 Å². The Balaban J connectivity index is 1.38. The van der Waals surface area contributed by atoms with Gasteiger partial charge in [-0.15, -0.1) is 0 Å². The molecule has 4 rings (SSSR count). The van der Waals surface area contributed by atoms with Gasteiger partial charge < -0.3 is 0 Å². The van der Waals surface area contributed by atoms with Gasteiger partial charge in [-0.05, 0) is 47.2 Å². The fourth-order valence-electron chi connectivity index (χ4n) is 3.75. The van der Waals surface area contributed by atoms with E-state index in [1.165, 1.54) is 44.5 Å². The Bertz CT molecular complexity index is 1190. The molecule has 4 aromatic carbocycles. The van der Waals surface area contributed by atoms with Crippen LogP contribution in [0.2, 0.25) is 0 Å². The van der Waals surface area contributed by atoms with Gasteiger partial charge in [0.2, 0.25) is 0 Å². The molecule has 0 aliphatic carbocycles. The zero-order valence-electron chi connectivity index (χ0n) is 19.9. The predicted octanol–water partition coefficient (Wildman–Crippen LogP) is 9.59. The van der Waals surface area contributed by atoms with E-state index in [0.29, 0.717) is 0 Å². The number of allylic oxidation sites excluding steroid dienone is 4. The molecule has 0 heterocycles. The molecule has 0 bridgehead atoms. The molecule has 34 heavy (non-hydrogen) atoms. The van der Waals surface area contributed by atoms with Crippen molar-refractivity contribution in [2.45, 2.75) is 13.8 Å². The van der Waals surface area contributed by atoms with Gasteiger partial charge in [-0.3, -0.25) is 0 Å². The van der Waals surface area contributed by atoms with E-state index in [1.54, 1.807) is 0 Å². The lowest BCUT2D eigenvalue weighted by Gasteiger charge is -2.04. The molecule has 0 fully saturated rings.